The summed E-state index contributed by atoms with van der Waals surface area (Å²) in [6.07, 6.45) is 0.779. The van der Waals surface area contributed by atoms with Crippen LogP contribution in [0.1, 0.15) is 13.3 Å². The standard InChI is InChI=1S/C11H13ClN4O3/c1-7(17)13-8-2-3-15(6-8)11-5-9(16(18)19)4-10(12)14-11/h4-5,8H,2-3,6H2,1H3,(H,13,17). The van der Waals surface area contributed by atoms with Gasteiger partial charge in [-0.05, 0) is 6.42 Å². The highest BCUT2D eigenvalue weighted by atomic mass is 35.5. The summed E-state index contributed by atoms with van der Waals surface area (Å²) in [4.78, 5) is 27.2. The smallest absolute Gasteiger partial charge is 0.276 e. The quantitative estimate of drug-likeness (QED) is 0.514. The topological polar surface area (TPSA) is 88.4 Å². The number of anilines is 1. The van der Waals surface area contributed by atoms with Gasteiger partial charge >= 0.3 is 0 Å². The number of nitro groups is 1. The van der Waals surface area contributed by atoms with Crippen LogP contribution in [0.15, 0.2) is 12.1 Å². The van der Waals surface area contributed by atoms with Gasteiger partial charge in [-0.2, -0.15) is 0 Å². The van der Waals surface area contributed by atoms with E-state index >= 15 is 0 Å². The van der Waals surface area contributed by atoms with Crippen LogP contribution in [-0.4, -0.2) is 34.9 Å². The highest BCUT2D eigenvalue weighted by Crippen LogP contribution is 2.25. The molecule has 7 nitrogen and oxygen atoms in total. The Kier molecular flexibility index (Phi) is 3.84. The minimum Gasteiger partial charge on any atom is -0.354 e. The predicted octanol–water partition coefficient (Wildman–Crippen LogP) is 1.36. The number of hydrogen-bond acceptors (Lipinski definition) is 5. The Bertz CT molecular complexity index is 523. The fourth-order valence-corrected chi connectivity index (χ4v) is 2.31. The van der Waals surface area contributed by atoms with Crippen LogP contribution in [0, 0.1) is 10.1 Å². The Labute approximate surface area is 114 Å². The SMILES string of the molecule is CC(=O)NC1CCN(c2cc([N+](=O)[O-])cc(Cl)n2)C1. The number of halogens is 1. The van der Waals surface area contributed by atoms with E-state index < -0.39 is 4.92 Å². The largest absolute Gasteiger partial charge is 0.354 e. The summed E-state index contributed by atoms with van der Waals surface area (Å²) in [5.74, 6) is 0.379. The van der Waals surface area contributed by atoms with E-state index in [9.17, 15) is 14.9 Å². The molecule has 1 aliphatic heterocycles. The molecule has 0 spiro atoms. The third kappa shape index (κ3) is 3.31. The van der Waals surface area contributed by atoms with E-state index in [0.717, 1.165) is 6.42 Å². The van der Waals surface area contributed by atoms with Crippen LogP contribution in [-0.2, 0) is 4.79 Å². The summed E-state index contributed by atoms with van der Waals surface area (Å²) in [7, 11) is 0. The van der Waals surface area contributed by atoms with E-state index in [-0.39, 0.29) is 22.8 Å². The van der Waals surface area contributed by atoms with Crippen LogP contribution in [0.3, 0.4) is 0 Å². The Morgan fingerprint density at radius 1 is 1.63 bits per heavy atom. The van der Waals surface area contributed by atoms with Crippen LogP contribution >= 0.6 is 11.6 Å². The molecular formula is C11H13ClN4O3. The first kappa shape index (κ1) is 13.5. The van der Waals surface area contributed by atoms with Crippen molar-refractivity contribution in [3.8, 4) is 0 Å². The molecule has 1 aliphatic rings. The Morgan fingerprint density at radius 3 is 3.00 bits per heavy atom. The van der Waals surface area contributed by atoms with Crippen molar-refractivity contribution in [2.75, 3.05) is 18.0 Å². The summed E-state index contributed by atoms with van der Waals surface area (Å²) < 4.78 is 0. The molecule has 1 amide bonds. The van der Waals surface area contributed by atoms with Gasteiger partial charge in [-0.1, -0.05) is 11.6 Å². The predicted molar refractivity (Wildman–Crippen MR) is 70.3 cm³/mol. The molecule has 1 fully saturated rings. The van der Waals surface area contributed by atoms with Gasteiger partial charge in [0.05, 0.1) is 17.1 Å². The van der Waals surface area contributed by atoms with Gasteiger partial charge < -0.3 is 10.2 Å². The number of amides is 1. The monoisotopic (exact) mass is 284 g/mol. The maximum Gasteiger partial charge on any atom is 0.276 e. The Morgan fingerprint density at radius 2 is 2.37 bits per heavy atom. The van der Waals surface area contributed by atoms with Crippen LogP contribution in [0.2, 0.25) is 5.15 Å². The van der Waals surface area contributed by atoms with Gasteiger partial charge in [-0.25, -0.2) is 4.98 Å². The lowest BCUT2D eigenvalue weighted by atomic mass is 10.2. The number of carbonyl (C=O) groups is 1. The van der Waals surface area contributed by atoms with Gasteiger partial charge in [-0.15, -0.1) is 0 Å². The van der Waals surface area contributed by atoms with E-state index in [2.05, 4.69) is 10.3 Å². The number of rotatable bonds is 3. The molecule has 8 heteroatoms. The van der Waals surface area contributed by atoms with Crippen LogP contribution in [0.4, 0.5) is 11.5 Å². The number of carbonyl (C=O) groups excluding carboxylic acids is 1. The van der Waals surface area contributed by atoms with Crippen molar-refractivity contribution >= 4 is 29.0 Å². The third-order valence-electron chi connectivity index (χ3n) is 2.90. The third-order valence-corrected chi connectivity index (χ3v) is 3.09. The summed E-state index contributed by atoms with van der Waals surface area (Å²) in [6.45, 7) is 2.71. The number of aromatic nitrogens is 1. The number of pyridine rings is 1. The summed E-state index contributed by atoms with van der Waals surface area (Å²) in [5.41, 5.74) is -0.0852. The molecule has 0 bridgehead atoms. The molecule has 2 rings (SSSR count). The van der Waals surface area contributed by atoms with Crippen molar-refractivity contribution in [3.63, 3.8) is 0 Å². The van der Waals surface area contributed by atoms with Crippen molar-refractivity contribution in [2.45, 2.75) is 19.4 Å². The lowest BCUT2D eigenvalue weighted by molar-refractivity contribution is -0.384. The zero-order valence-corrected chi connectivity index (χ0v) is 11.1. The molecule has 0 radical (unpaired) electrons. The van der Waals surface area contributed by atoms with Crippen LogP contribution in [0.25, 0.3) is 0 Å². The minimum absolute atomic E-state index is 0.0392. The minimum atomic E-state index is -0.502. The fraction of sp³-hybridized carbons (Fsp3) is 0.455. The lowest BCUT2D eigenvalue weighted by Crippen LogP contribution is -2.35. The normalized spacial score (nSPS) is 18.4. The zero-order chi connectivity index (χ0) is 14.0. The number of hydrogen-bond donors (Lipinski definition) is 1. The molecule has 19 heavy (non-hydrogen) atoms. The average molecular weight is 285 g/mol. The molecule has 1 N–H and O–H groups in total. The zero-order valence-electron chi connectivity index (χ0n) is 10.3. The van der Waals surface area contributed by atoms with Gasteiger partial charge in [0.15, 0.2) is 0 Å². The molecule has 0 aromatic carbocycles. The first-order valence-electron chi connectivity index (χ1n) is 5.80. The van der Waals surface area contributed by atoms with Crippen molar-refractivity contribution < 1.29 is 9.72 Å². The van der Waals surface area contributed by atoms with E-state index in [1.165, 1.54) is 19.1 Å². The Balaban J connectivity index is 2.15. The molecule has 2 heterocycles. The maximum atomic E-state index is 11.0. The molecular weight excluding hydrogens is 272 g/mol. The summed E-state index contributed by atoms with van der Waals surface area (Å²) in [6, 6.07) is 2.64. The van der Waals surface area contributed by atoms with Crippen molar-refractivity contribution in [3.05, 3.63) is 27.4 Å². The molecule has 1 unspecified atom stereocenters. The van der Waals surface area contributed by atoms with E-state index in [1.807, 2.05) is 4.90 Å². The molecule has 0 aliphatic carbocycles. The molecule has 1 aromatic rings. The van der Waals surface area contributed by atoms with Gasteiger partial charge in [0, 0.05) is 26.1 Å². The van der Waals surface area contributed by atoms with Crippen LogP contribution in [0.5, 0.6) is 0 Å². The van der Waals surface area contributed by atoms with E-state index in [4.69, 9.17) is 11.6 Å². The van der Waals surface area contributed by atoms with Gasteiger partial charge in [0.1, 0.15) is 11.0 Å². The first-order valence-corrected chi connectivity index (χ1v) is 6.17. The van der Waals surface area contributed by atoms with Gasteiger partial charge in [-0.3, -0.25) is 14.9 Å². The highest BCUT2D eigenvalue weighted by molar-refractivity contribution is 6.29. The average Bonchev–Trinajstić information content (AvgIpc) is 2.75. The second-order valence-corrected chi connectivity index (χ2v) is 4.78. The summed E-state index contributed by atoms with van der Waals surface area (Å²) >= 11 is 5.78. The lowest BCUT2D eigenvalue weighted by Gasteiger charge is -2.17. The molecule has 1 atom stereocenters. The van der Waals surface area contributed by atoms with Gasteiger partial charge in [0.2, 0.25) is 5.91 Å². The number of nitrogens with one attached hydrogen (secondary N) is 1. The molecule has 1 saturated heterocycles. The fourth-order valence-electron chi connectivity index (χ4n) is 2.11. The Hall–Kier alpha value is -1.89. The van der Waals surface area contributed by atoms with E-state index in [0.29, 0.717) is 18.9 Å². The molecule has 0 saturated carbocycles. The van der Waals surface area contributed by atoms with E-state index in [1.54, 1.807) is 0 Å². The maximum absolute atomic E-state index is 11.0. The van der Waals surface area contributed by atoms with Crippen molar-refractivity contribution in [2.24, 2.45) is 0 Å². The first-order chi connectivity index (χ1) is 8.95. The van der Waals surface area contributed by atoms with Crippen molar-refractivity contribution in [1.82, 2.24) is 10.3 Å². The summed E-state index contributed by atoms with van der Waals surface area (Å²) in [5, 5.41) is 13.7. The van der Waals surface area contributed by atoms with Crippen LogP contribution < -0.4 is 10.2 Å². The van der Waals surface area contributed by atoms with Crippen molar-refractivity contribution in [1.29, 1.82) is 0 Å². The van der Waals surface area contributed by atoms with Gasteiger partial charge in [0.25, 0.3) is 5.69 Å². The number of nitrogens with zero attached hydrogens (tertiary/aromatic N) is 3. The molecule has 1 aromatic heterocycles. The second kappa shape index (κ2) is 5.40. The highest BCUT2D eigenvalue weighted by Gasteiger charge is 2.25. The second-order valence-electron chi connectivity index (χ2n) is 4.40. The molecule has 102 valence electrons.